The lowest BCUT2D eigenvalue weighted by molar-refractivity contribution is 0.0992. The van der Waals surface area contributed by atoms with Crippen LogP contribution in [0.15, 0.2) is 30.5 Å². The number of hydrogen-bond acceptors (Lipinski definition) is 2. The molecule has 104 valence electrons. The van der Waals surface area contributed by atoms with E-state index in [1.807, 2.05) is 32.0 Å². The first-order chi connectivity index (χ1) is 9.38. The number of nitrogens with zero attached hydrogens (tertiary/aromatic N) is 2. The number of anilines is 1. The first kappa shape index (κ1) is 14.5. The van der Waals surface area contributed by atoms with Crippen molar-refractivity contribution < 1.29 is 9.18 Å². The number of pyridine rings is 1. The minimum absolute atomic E-state index is 0.00683. The predicted molar refractivity (Wildman–Crippen MR) is 77.9 cm³/mol. The molecular weight excluding hydrogens is 279 g/mol. The number of carbonyl (C=O) groups is 1. The quantitative estimate of drug-likeness (QED) is 0.790. The molecule has 1 heterocycles. The lowest BCUT2D eigenvalue weighted by Gasteiger charge is -2.19. The van der Waals surface area contributed by atoms with E-state index in [9.17, 15) is 9.18 Å². The summed E-state index contributed by atoms with van der Waals surface area (Å²) in [5, 5.41) is -0.00683. The Balaban J connectivity index is 2.39. The Kier molecular flexibility index (Phi) is 4.04. The van der Waals surface area contributed by atoms with E-state index in [0.29, 0.717) is 0 Å². The number of benzene rings is 1. The largest absolute Gasteiger partial charge is 0.311 e. The highest BCUT2D eigenvalue weighted by Crippen LogP contribution is 2.22. The first-order valence-corrected chi connectivity index (χ1v) is 6.43. The lowest BCUT2D eigenvalue weighted by Crippen LogP contribution is -2.27. The third-order valence-electron chi connectivity index (χ3n) is 2.93. The molecular formula is C15H14ClFN2O. The summed E-state index contributed by atoms with van der Waals surface area (Å²) in [6.45, 7) is 3.90. The van der Waals surface area contributed by atoms with Gasteiger partial charge in [-0.2, -0.15) is 0 Å². The van der Waals surface area contributed by atoms with Gasteiger partial charge in [0.15, 0.2) is 0 Å². The summed E-state index contributed by atoms with van der Waals surface area (Å²) < 4.78 is 13.2. The van der Waals surface area contributed by atoms with E-state index in [-0.39, 0.29) is 10.7 Å². The summed E-state index contributed by atoms with van der Waals surface area (Å²) in [6.07, 6.45) is 0.982. The molecule has 1 aromatic heterocycles. The van der Waals surface area contributed by atoms with Crippen molar-refractivity contribution in [2.24, 2.45) is 0 Å². The molecule has 1 amide bonds. The maximum atomic E-state index is 13.2. The van der Waals surface area contributed by atoms with Crippen LogP contribution >= 0.6 is 11.6 Å². The molecule has 0 fully saturated rings. The number of rotatable bonds is 2. The van der Waals surface area contributed by atoms with Crippen LogP contribution in [-0.4, -0.2) is 17.9 Å². The Labute approximate surface area is 122 Å². The van der Waals surface area contributed by atoms with E-state index in [0.717, 1.165) is 29.1 Å². The Morgan fingerprint density at radius 3 is 2.40 bits per heavy atom. The van der Waals surface area contributed by atoms with E-state index in [2.05, 4.69) is 4.98 Å². The van der Waals surface area contributed by atoms with Crippen molar-refractivity contribution in [3.8, 4) is 0 Å². The van der Waals surface area contributed by atoms with E-state index in [1.165, 1.54) is 4.90 Å². The number of aromatic nitrogens is 1. The van der Waals surface area contributed by atoms with Gasteiger partial charge in [-0.15, -0.1) is 0 Å². The number of hydrogen-bond donors (Lipinski definition) is 0. The second-order valence-electron chi connectivity index (χ2n) is 4.70. The Morgan fingerprint density at radius 2 is 1.80 bits per heavy atom. The van der Waals surface area contributed by atoms with Crippen LogP contribution in [0, 0.1) is 19.7 Å². The minimum Gasteiger partial charge on any atom is -0.311 e. The smallest absolute Gasteiger partial charge is 0.261 e. The van der Waals surface area contributed by atoms with Gasteiger partial charge in [-0.25, -0.2) is 9.37 Å². The van der Waals surface area contributed by atoms with E-state index >= 15 is 0 Å². The van der Waals surface area contributed by atoms with Crippen LogP contribution in [-0.2, 0) is 0 Å². The molecule has 1 aromatic carbocycles. The molecule has 5 heteroatoms. The van der Waals surface area contributed by atoms with Crippen molar-refractivity contribution in [3.05, 3.63) is 58.1 Å². The SMILES string of the molecule is Cc1cc(C)cc(N(C)C(=O)c2cc(F)cnc2Cl)c1. The summed E-state index contributed by atoms with van der Waals surface area (Å²) >= 11 is 5.86. The van der Waals surface area contributed by atoms with Crippen LogP contribution in [0.25, 0.3) is 0 Å². The van der Waals surface area contributed by atoms with Gasteiger partial charge in [-0.1, -0.05) is 17.7 Å². The molecule has 0 saturated carbocycles. The monoisotopic (exact) mass is 292 g/mol. The van der Waals surface area contributed by atoms with Crippen molar-refractivity contribution in [3.63, 3.8) is 0 Å². The molecule has 3 nitrogen and oxygen atoms in total. The zero-order valence-corrected chi connectivity index (χ0v) is 12.2. The topological polar surface area (TPSA) is 33.2 Å². The lowest BCUT2D eigenvalue weighted by atomic mass is 10.1. The van der Waals surface area contributed by atoms with Gasteiger partial charge < -0.3 is 4.90 Å². The number of aryl methyl sites for hydroxylation is 2. The van der Waals surface area contributed by atoms with Crippen molar-refractivity contribution in [2.45, 2.75) is 13.8 Å². The fourth-order valence-electron chi connectivity index (χ4n) is 2.01. The average molecular weight is 293 g/mol. The highest BCUT2D eigenvalue weighted by Gasteiger charge is 2.18. The van der Waals surface area contributed by atoms with Crippen LogP contribution < -0.4 is 4.90 Å². The van der Waals surface area contributed by atoms with Gasteiger partial charge in [0.2, 0.25) is 0 Å². The first-order valence-electron chi connectivity index (χ1n) is 6.06. The van der Waals surface area contributed by atoms with Crippen LogP contribution in [0.5, 0.6) is 0 Å². The predicted octanol–water partition coefficient (Wildman–Crippen LogP) is 3.77. The molecule has 20 heavy (non-hydrogen) atoms. The summed E-state index contributed by atoms with van der Waals surface area (Å²) in [6, 6.07) is 6.87. The fourth-order valence-corrected chi connectivity index (χ4v) is 2.20. The van der Waals surface area contributed by atoms with E-state index in [1.54, 1.807) is 7.05 Å². The van der Waals surface area contributed by atoms with Gasteiger partial charge in [0, 0.05) is 12.7 Å². The summed E-state index contributed by atoms with van der Waals surface area (Å²) in [5.41, 5.74) is 2.87. The van der Waals surface area contributed by atoms with Crippen molar-refractivity contribution in [1.82, 2.24) is 4.98 Å². The number of carbonyl (C=O) groups excluding carboxylic acids is 1. The molecule has 0 aliphatic heterocycles. The zero-order valence-electron chi connectivity index (χ0n) is 11.4. The van der Waals surface area contributed by atoms with Crippen molar-refractivity contribution in [1.29, 1.82) is 0 Å². The molecule has 0 spiro atoms. The average Bonchev–Trinajstić information content (AvgIpc) is 2.38. The minimum atomic E-state index is -0.591. The summed E-state index contributed by atoms with van der Waals surface area (Å²) in [7, 11) is 1.62. The maximum absolute atomic E-state index is 13.2. The molecule has 0 unspecified atom stereocenters. The van der Waals surface area contributed by atoms with Gasteiger partial charge >= 0.3 is 0 Å². The third-order valence-corrected chi connectivity index (χ3v) is 3.24. The highest BCUT2D eigenvalue weighted by molar-refractivity contribution is 6.33. The maximum Gasteiger partial charge on any atom is 0.261 e. The number of halogens is 2. The van der Waals surface area contributed by atoms with Crippen molar-refractivity contribution >= 4 is 23.2 Å². The van der Waals surface area contributed by atoms with Gasteiger partial charge in [0.1, 0.15) is 11.0 Å². The van der Waals surface area contributed by atoms with Crippen LogP contribution in [0.1, 0.15) is 21.5 Å². The summed E-state index contributed by atoms with van der Waals surface area (Å²) in [4.78, 5) is 17.5. The zero-order chi connectivity index (χ0) is 14.9. The normalized spacial score (nSPS) is 10.4. The summed E-state index contributed by atoms with van der Waals surface area (Å²) in [5.74, 6) is -0.987. The van der Waals surface area contributed by atoms with E-state index < -0.39 is 11.7 Å². The molecule has 2 aromatic rings. The fraction of sp³-hybridized carbons (Fsp3) is 0.200. The number of amides is 1. The van der Waals surface area contributed by atoms with Gasteiger partial charge in [0.05, 0.1) is 11.8 Å². The molecule has 0 aliphatic carbocycles. The Hall–Kier alpha value is -1.94. The van der Waals surface area contributed by atoms with Gasteiger partial charge in [-0.3, -0.25) is 4.79 Å². The third kappa shape index (κ3) is 2.96. The molecule has 0 atom stereocenters. The Bertz CT molecular complexity index is 653. The highest BCUT2D eigenvalue weighted by atomic mass is 35.5. The molecule has 0 radical (unpaired) electrons. The molecule has 2 rings (SSSR count). The van der Waals surface area contributed by atoms with Gasteiger partial charge in [-0.05, 0) is 43.2 Å². The standard InChI is InChI=1S/C15H14ClFN2O/c1-9-4-10(2)6-12(5-9)19(3)15(20)13-7-11(17)8-18-14(13)16/h4-8H,1-3H3. The molecule has 0 saturated heterocycles. The van der Waals surface area contributed by atoms with Crippen LogP contribution in [0.3, 0.4) is 0 Å². The molecule has 0 aliphatic rings. The van der Waals surface area contributed by atoms with Crippen molar-refractivity contribution in [2.75, 3.05) is 11.9 Å². The molecule has 0 bridgehead atoms. The van der Waals surface area contributed by atoms with E-state index in [4.69, 9.17) is 11.6 Å². The second-order valence-corrected chi connectivity index (χ2v) is 5.06. The van der Waals surface area contributed by atoms with Gasteiger partial charge in [0.25, 0.3) is 5.91 Å². The Morgan fingerprint density at radius 1 is 1.20 bits per heavy atom. The van der Waals surface area contributed by atoms with Crippen LogP contribution in [0.2, 0.25) is 5.15 Å². The molecule has 0 N–H and O–H groups in total. The second kappa shape index (κ2) is 5.59. The van der Waals surface area contributed by atoms with Crippen LogP contribution in [0.4, 0.5) is 10.1 Å².